The van der Waals surface area contributed by atoms with Gasteiger partial charge in [0, 0.05) is 12.5 Å². The summed E-state index contributed by atoms with van der Waals surface area (Å²) in [6.45, 7) is 4.75. The van der Waals surface area contributed by atoms with Crippen LogP contribution in [0.5, 0.6) is 0 Å². The number of hydrogen-bond donors (Lipinski definition) is 0. The van der Waals surface area contributed by atoms with E-state index in [9.17, 15) is 4.79 Å². The molecule has 1 unspecified atom stereocenters. The number of carbonyl (C=O) groups excluding carboxylic acids is 1. The van der Waals surface area contributed by atoms with E-state index in [4.69, 9.17) is 4.42 Å². The summed E-state index contributed by atoms with van der Waals surface area (Å²) in [6.07, 6.45) is 3.77. The van der Waals surface area contributed by atoms with Crippen LogP contribution in [0, 0.1) is 5.92 Å². The summed E-state index contributed by atoms with van der Waals surface area (Å²) >= 11 is 0. The number of likely N-dealkylation sites (tertiary alicyclic amines) is 1. The summed E-state index contributed by atoms with van der Waals surface area (Å²) in [5, 5.41) is 0. The Morgan fingerprint density at radius 3 is 3.00 bits per heavy atom. The highest BCUT2D eigenvalue weighted by Gasteiger charge is 2.32. The molecule has 0 aromatic carbocycles. The quantitative estimate of drug-likeness (QED) is 0.746. The van der Waals surface area contributed by atoms with E-state index in [2.05, 4.69) is 0 Å². The van der Waals surface area contributed by atoms with Crippen LogP contribution >= 0.6 is 0 Å². The predicted molar refractivity (Wildman–Crippen MR) is 57.2 cm³/mol. The lowest BCUT2D eigenvalue weighted by atomic mass is 10.1. The van der Waals surface area contributed by atoms with Crippen LogP contribution in [0.25, 0.3) is 0 Å². The van der Waals surface area contributed by atoms with Gasteiger partial charge in [0.1, 0.15) is 5.76 Å². The molecule has 1 aromatic heterocycles. The minimum Gasteiger partial charge on any atom is -0.467 e. The Kier molecular flexibility index (Phi) is 2.80. The summed E-state index contributed by atoms with van der Waals surface area (Å²) in [5.74, 6) is 1.22. The van der Waals surface area contributed by atoms with E-state index in [0.717, 1.165) is 25.1 Å². The van der Waals surface area contributed by atoms with Crippen LogP contribution in [0.15, 0.2) is 22.8 Å². The summed E-state index contributed by atoms with van der Waals surface area (Å²) in [4.78, 5) is 13.9. The molecule has 0 spiro atoms. The summed E-state index contributed by atoms with van der Waals surface area (Å²) in [5.41, 5.74) is 0. The Labute approximate surface area is 90.1 Å². The van der Waals surface area contributed by atoms with Crippen molar-refractivity contribution in [1.82, 2.24) is 4.90 Å². The van der Waals surface area contributed by atoms with E-state index in [1.54, 1.807) is 6.26 Å². The van der Waals surface area contributed by atoms with Crippen LogP contribution in [0.2, 0.25) is 0 Å². The molecule has 3 nitrogen and oxygen atoms in total. The maximum atomic E-state index is 11.9. The molecule has 82 valence electrons. The largest absolute Gasteiger partial charge is 0.467 e. The highest BCUT2D eigenvalue weighted by Crippen LogP contribution is 2.32. The molecule has 3 heteroatoms. The van der Waals surface area contributed by atoms with Gasteiger partial charge in [-0.15, -0.1) is 0 Å². The average molecular weight is 207 g/mol. The number of nitrogens with zero attached hydrogens (tertiary/aromatic N) is 1. The maximum absolute atomic E-state index is 11.9. The number of furan rings is 1. The first-order valence-corrected chi connectivity index (χ1v) is 5.54. The summed E-state index contributed by atoms with van der Waals surface area (Å²) in [6, 6.07) is 4.00. The van der Waals surface area contributed by atoms with Gasteiger partial charge in [0.05, 0.1) is 12.3 Å². The van der Waals surface area contributed by atoms with Crippen molar-refractivity contribution in [2.45, 2.75) is 32.7 Å². The first-order valence-electron chi connectivity index (χ1n) is 5.54. The van der Waals surface area contributed by atoms with Gasteiger partial charge in [0.15, 0.2) is 0 Å². The van der Waals surface area contributed by atoms with Gasteiger partial charge in [-0.05, 0) is 25.0 Å². The highest BCUT2D eigenvalue weighted by molar-refractivity contribution is 5.78. The third kappa shape index (κ3) is 1.91. The van der Waals surface area contributed by atoms with Crippen molar-refractivity contribution in [1.29, 1.82) is 0 Å². The van der Waals surface area contributed by atoms with E-state index in [1.165, 1.54) is 0 Å². The molecule has 0 N–H and O–H groups in total. The van der Waals surface area contributed by atoms with Crippen molar-refractivity contribution < 1.29 is 9.21 Å². The first-order chi connectivity index (χ1) is 7.20. The van der Waals surface area contributed by atoms with Crippen LogP contribution in [0.3, 0.4) is 0 Å². The Bertz CT molecular complexity index is 329. The fraction of sp³-hybridized carbons (Fsp3) is 0.583. The third-order valence-electron chi connectivity index (χ3n) is 2.90. The first kappa shape index (κ1) is 10.3. The van der Waals surface area contributed by atoms with Gasteiger partial charge in [-0.3, -0.25) is 4.79 Å². The second kappa shape index (κ2) is 4.09. The minimum atomic E-state index is 0.0700. The fourth-order valence-electron chi connectivity index (χ4n) is 2.14. The molecule has 0 bridgehead atoms. The minimum absolute atomic E-state index is 0.0700. The molecule has 15 heavy (non-hydrogen) atoms. The molecule has 1 atom stereocenters. The number of amides is 1. The van der Waals surface area contributed by atoms with E-state index in [0.29, 0.717) is 0 Å². The normalized spacial score (nSPS) is 21.3. The molecule has 0 saturated carbocycles. The van der Waals surface area contributed by atoms with Gasteiger partial charge < -0.3 is 9.32 Å². The topological polar surface area (TPSA) is 33.5 Å². The van der Waals surface area contributed by atoms with Crippen molar-refractivity contribution >= 4 is 5.91 Å². The highest BCUT2D eigenvalue weighted by atomic mass is 16.3. The second-order valence-electron chi connectivity index (χ2n) is 4.36. The summed E-state index contributed by atoms with van der Waals surface area (Å²) in [7, 11) is 0. The van der Waals surface area contributed by atoms with Crippen LogP contribution in [0.4, 0.5) is 0 Å². The van der Waals surface area contributed by atoms with Gasteiger partial charge in [-0.25, -0.2) is 0 Å². The molecule has 1 aliphatic heterocycles. The lowest BCUT2D eigenvalue weighted by molar-refractivity contribution is -0.135. The predicted octanol–water partition coefficient (Wildman–Crippen LogP) is 2.60. The molecule has 1 saturated heterocycles. The molecule has 1 aliphatic rings. The van der Waals surface area contributed by atoms with Gasteiger partial charge in [0.25, 0.3) is 0 Å². The summed E-state index contributed by atoms with van der Waals surface area (Å²) < 4.78 is 5.38. The van der Waals surface area contributed by atoms with Crippen molar-refractivity contribution in [2.24, 2.45) is 5.92 Å². The zero-order valence-corrected chi connectivity index (χ0v) is 9.27. The Morgan fingerprint density at radius 1 is 1.60 bits per heavy atom. The molecule has 0 aliphatic carbocycles. The second-order valence-corrected chi connectivity index (χ2v) is 4.36. The monoisotopic (exact) mass is 207 g/mol. The van der Waals surface area contributed by atoms with Gasteiger partial charge >= 0.3 is 0 Å². The number of hydrogen-bond acceptors (Lipinski definition) is 2. The van der Waals surface area contributed by atoms with Gasteiger partial charge in [-0.2, -0.15) is 0 Å². The van der Waals surface area contributed by atoms with Crippen LogP contribution in [-0.4, -0.2) is 17.4 Å². The SMILES string of the molecule is CC(C)C(=O)N1CCCC1c1ccco1. The fourth-order valence-corrected chi connectivity index (χ4v) is 2.14. The van der Waals surface area contributed by atoms with Crippen molar-refractivity contribution in [3.8, 4) is 0 Å². The maximum Gasteiger partial charge on any atom is 0.225 e. The zero-order valence-electron chi connectivity index (χ0n) is 9.27. The van der Waals surface area contributed by atoms with Crippen LogP contribution in [-0.2, 0) is 4.79 Å². The number of rotatable bonds is 2. The molecule has 0 radical (unpaired) electrons. The average Bonchev–Trinajstić information content (AvgIpc) is 2.86. The Hall–Kier alpha value is -1.25. The lowest BCUT2D eigenvalue weighted by Gasteiger charge is -2.24. The van der Waals surface area contributed by atoms with E-state index >= 15 is 0 Å². The van der Waals surface area contributed by atoms with Gasteiger partial charge in [0.2, 0.25) is 5.91 Å². The molecule has 1 amide bonds. The van der Waals surface area contributed by atoms with Crippen molar-refractivity contribution in [2.75, 3.05) is 6.54 Å². The van der Waals surface area contributed by atoms with Crippen LogP contribution in [0.1, 0.15) is 38.5 Å². The molecular formula is C12H17NO2. The van der Waals surface area contributed by atoms with Crippen molar-refractivity contribution in [3.63, 3.8) is 0 Å². The third-order valence-corrected chi connectivity index (χ3v) is 2.90. The van der Waals surface area contributed by atoms with Crippen LogP contribution < -0.4 is 0 Å². The zero-order chi connectivity index (χ0) is 10.8. The molecule has 1 aromatic rings. The molecule has 2 rings (SSSR count). The Morgan fingerprint density at radius 2 is 2.40 bits per heavy atom. The lowest BCUT2D eigenvalue weighted by Crippen LogP contribution is -2.33. The van der Waals surface area contributed by atoms with E-state index in [-0.39, 0.29) is 17.9 Å². The molecule has 1 fully saturated rings. The molecule has 2 heterocycles. The molecular weight excluding hydrogens is 190 g/mol. The van der Waals surface area contributed by atoms with E-state index in [1.807, 2.05) is 30.9 Å². The Balaban J connectivity index is 2.15. The smallest absolute Gasteiger partial charge is 0.225 e. The standard InChI is InChI=1S/C12H17NO2/c1-9(2)12(14)13-7-3-5-10(13)11-6-4-8-15-11/h4,6,8-10H,3,5,7H2,1-2H3. The van der Waals surface area contributed by atoms with Gasteiger partial charge in [-0.1, -0.05) is 13.8 Å². The number of carbonyl (C=O) groups is 1. The van der Waals surface area contributed by atoms with Crippen molar-refractivity contribution in [3.05, 3.63) is 24.2 Å². The van der Waals surface area contributed by atoms with E-state index < -0.39 is 0 Å².